The molecule has 0 spiro atoms. The SMILES string of the molecule is ON=Cc1c[nH]c2cc3cnccc3cc12. The molecule has 4 nitrogen and oxygen atoms in total. The molecule has 0 unspecified atom stereocenters. The molecule has 0 radical (unpaired) electrons. The molecule has 0 bridgehead atoms. The Balaban J connectivity index is 2.40. The lowest BCUT2D eigenvalue weighted by Gasteiger charge is -1.97. The molecule has 0 saturated carbocycles. The van der Waals surface area contributed by atoms with E-state index in [1.165, 1.54) is 6.21 Å². The lowest BCUT2D eigenvalue weighted by Crippen LogP contribution is -1.79. The molecule has 0 aliphatic carbocycles. The minimum atomic E-state index is 0.871. The Hall–Kier alpha value is -2.36. The highest BCUT2D eigenvalue weighted by molar-refractivity contribution is 6.05. The number of H-pyrrole nitrogens is 1. The summed E-state index contributed by atoms with van der Waals surface area (Å²) in [5.74, 6) is 0. The van der Waals surface area contributed by atoms with Crippen LogP contribution >= 0.6 is 0 Å². The molecule has 2 heterocycles. The molecule has 0 aliphatic rings. The molecule has 0 aliphatic heterocycles. The maximum atomic E-state index is 8.56. The molecule has 0 atom stereocenters. The lowest BCUT2D eigenvalue weighted by molar-refractivity contribution is 0.322. The summed E-state index contributed by atoms with van der Waals surface area (Å²) >= 11 is 0. The molecular formula is C12H9N3O. The number of aromatic amines is 1. The van der Waals surface area contributed by atoms with Crippen LogP contribution in [0.15, 0.2) is 41.9 Å². The van der Waals surface area contributed by atoms with Crippen molar-refractivity contribution in [1.29, 1.82) is 0 Å². The van der Waals surface area contributed by atoms with Crippen LogP contribution < -0.4 is 0 Å². The first-order valence-corrected chi connectivity index (χ1v) is 4.91. The van der Waals surface area contributed by atoms with Crippen molar-refractivity contribution in [2.45, 2.75) is 0 Å². The first-order valence-electron chi connectivity index (χ1n) is 4.91. The van der Waals surface area contributed by atoms with Gasteiger partial charge in [-0.3, -0.25) is 4.98 Å². The smallest absolute Gasteiger partial charge is 0.0755 e. The second-order valence-corrected chi connectivity index (χ2v) is 3.61. The van der Waals surface area contributed by atoms with Gasteiger partial charge in [-0.15, -0.1) is 0 Å². The van der Waals surface area contributed by atoms with Gasteiger partial charge >= 0.3 is 0 Å². The van der Waals surface area contributed by atoms with E-state index in [2.05, 4.69) is 21.2 Å². The maximum Gasteiger partial charge on any atom is 0.0755 e. The molecule has 0 fully saturated rings. The zero-order valence-corrected chi connectivity index (χ0v) is 8.38. The third kappa shape index (κ3) is 1.24. The standard InChI is InChI=1S/C12H9N3O/c16-15-7-10-6-14-12-4-9-5-13-2-1-8(9)3-11(10)12/h1-7,14,16H. The number of fused-ring (bicyclic) bond motifs is 2. The topological polar surface area (TPSA) is 61.3 Å². The Morgan fingerprint density at radius 2 is 2.25 bits per heavy atom. The Morgan fingerprint density at radius 3 is 3.12 bits per heavy atom. The van der Waals surface area contributed by atoms with Gasteiger partial charge in [-0.25, -0.2) is 0 Å². The van der Waals surface area contributed by atoms with Gasteiger partial charge in [0.25, 0.3) is 0 Å². The fourth-order valence-corrected chi connectivity index (χ4v) is 1.90. The van der Waals surface area contributed by atoms with Crippen LogP contribution in [0.2, 0.25) is 0 Å². The summed E-state index contributed by atoms with van der Waals surface area (Å²) in [4.78, 5) is 7.22. The minimum absolute atomic E-state index is 0.871. The summed E-state index contributed by atoms with van der Waals surface area (Å²) in [6.07, 6.45) is 6.83. The molecule has 0 saturated heterocycles. The number of aromatic nitrogens is 2. The van der Waals surface area contributed by atoms with Crippen molar-refractivity contribution >= 4 is 27.9 Å². The summed E-state index contributed by atoms with van der Waals surface area (Å²) in [6.45, 7) is 0. The van der Waals surface area contributed by atoms with Crippen LogP contribution in [0.1, 0.15) is 5.56 Å². The van der Waals surface area contributed by atoms with Crippen LogP contribution in [0.4, 0.5) is 0 Å². The number of benzene rings is 1. The van der Waals surface area contributed by atoms with E-state index in [0.717, 1.165) is 27.2 Å². The number of hydrogen-bond donors (Lipinski definition) is 2. The van der Waals surface area contributed by atoms with E-state index in [9.17, 15) is 0 Å². The fourth-order valence-electron chi connectivity index (χ4n) is 1.90. The lowest BCUT2D eigenvalue weighted by atomic mass is 10.1. The zero-order chi connectivity index (χ0) is 11.0. The molecule has 4 heteroatoms. The second-order valence-electron chi connectivity index (χ2n) is 3.61. The number of rotatable bonds is 1. The molecule has 0 amide bonds. The summed E-state index contributed by atoms with van der Waals surface area (Å²) in [7, 11) is 0. The molecular weight excluding hydrogens is 202 g/mol. The minimum Gasteiger partial charge on any atom is -0.411 e. The number of pyridine rings is 1. The van der Waals surface area contributed by atoms with Crippen molar-refractivity contribution in [1.82, 2.24) is 9.97 Å². The molecule has 2 aromatic heterocycles. The highest BCUT2D eigenvalue weighted by atomic mass is 16.4. The van der Waals surface area contributed by atoms with Gasteiger partial charge in [0.05, 0.1) is 6.21 Å². The molecule has 16 heavy (non-hydrogen) atoms. The highest BCUT2D eigenvalue weighted by Gasteiger charge is 2.03. The number of nitrogens with one attached hydrogen (secondary N) is 1. The maximum absolute atomic E-state index is 8.56. The van der Waals surface area contributed by atoms with Gasteiger partial charge in [0, 0.05) is 40.4 Å². The first-order chi connectivity index (χ1) is 7.88. The molecule has 78 valence electrons. The molecule has 1 aromatic carbocycles. The van der Waals surface area contributed by atoms with E-state index in [4.69, 9.17) is 5.21 Å². The Labute approximate surface area is 91.2 Å². The monoisotopic (exact) mass is 211 g/mol. The van der Waals surface area contributed by atoms with E-state index in [-0.39, 0.29) is 0 Å². The van der Waals surface area contributed by atoms with Gasteiger partial charge in [0.2, 0.25) is 0 Å². The van der Waals surface area contributed by atoms with Crippen molar-refractivity contribution in [3.05, 3.63) is 42.4 Å². The largest absolute Gasteiger partial charge is 0.411 e. The summed E-state index contributed by atoms with van der Waals surface area (Å²) in [6, 6.07) is 6.05. The average molecular weight is 211 g/mol. The Morgan fingerprint density at radius 1 is 1.31 bits per heavy atom. The Kier molecular flexibility index (Phi) is 1.86. The first kappa shape index (κ1) is 8.91. The highest BCUT2D eigenvalue weighted by Crippen LogP contribution is 2.23. The quantitative estimate of drug-likeness (QED) is 0.369. The van der Waals surface area contributed by atoms with Gasteiger partial charge in [-0.05, 0) is 23.6 Å². The van der Waals surface area contributed by atoms with E-state index in [0.29, 0.717) is 0 Å². The van der Waals surface area contributed by atoms with Crippen LogP contribution in [0.25, 0.3) is 21.7 Å². The van der Waals surface area contributed by atoms with Crippen molar-refractivity contribution in [2.24, 2.45) is 5.16 Å². The van der Waals surface area contributed by atoms with Crippen molar-refractivity contribution in [2.75, 3.05) is 0 Å². The van der Waals surface area contributed by atoms with E-state index in [1.807, 2.05) is 24.5 Å². The van der Waals surface area contributed by atoms with Crippen LogP contribution in [-0.4, -0.2) is 21.4 Å². The van der Waals surface area contributed by atoms with Gasteiger partial charge in [-0.2, -0.15) is 0 Å². The summed E-state index contributed by atoms with van der Waals surface area (Å²) in [5.41, 5.74) is 1.88. The van der Waals surface area contributed by atoms with E-state index in [1.54, 1.807) is 6.20 Å². The zero-order valence-electron chi connectivity index (χ0n) is 8.38. The predicted octanol–water partition coefficient (Wildman–Crippen LogP) is 2.52. The van der Waals surface area contributed by atoms with Crippen molar-refractivity contribution in [3.8, 4) is 0 Å². The van der Waals surface area contributed by atoms with Crippen LogP contribution in [0.5, 0.6) is 0 Å². The number of oxime groups is 1. The van der Waals surface area contributed by atoms with E-state index < -0.39 is 0 Å². The second kappa shape index (κ2) is 3.34. The summed E-state index contributed by atoms with van der Waals surface area (Å²) in [5, 5.41) is 14.9. The molecule has 2 N–H and O–H groups in total. The normalized spacial score (nSPS) is 11.8. The molecule has 3 rings (SSSR count). The van der Waals surface area contributed by atoms with Gasteiger partial charge in [0.1, 0.15) is 0 Å². The number of nitrogens with zero attached hydrogens (tertiary/aromatic N) is 2. The molecule has 3 aromatic rings. The Bertz CT molecular complexity index is 685. The van der Waals surface area contributed by atoms with Crippen LogP contribution in [-0.2, 0) is 0 Å². The average Bonchev–Trinajstić information content (AvgIpc) is 2.70. The van der Waals surface area contributed by atoms with E-state index >= 15 is 0 Å². The van der Waals surface area contributed by atoms with Crippen molar-refractivity contribution in [3.63, 3.8) is 0 Å². The van der Waals surface area contributed by atoms with Crippen LogP contribution in [0, 0.1) is 0 Å². The predicted molar refractivity (Wildman–Crippen MR) is 63.0 cm³/mol. The number of hydrogen-bond acceptors (Lipinski definition) is 3. The van der Waals surface area contributed by atoms with Gasteiger partial charge < -0.3 is 10.2 Å². The van der Waals surface area contributed by atoms with Gasteiger partial charge in [0.15, 0.2) is 0 Å². The van der Waals surface area contributed by atoms with Crippen LogP contribution in [0.3, 0.4) is 0 Å². The summed E-state index contributed by atoms with van der Waals surface area (Å²) < 4.78 is 0. The fraction of sp³-hybridized carbons (Fsp3) is 0. The third-order valence-corrected chi connectivity index (χ3v) is 2.67. The van der Waals surface area contributed by atoms with Crippen molar-refractivity contribution < 1.29 is 5.21 Å². The third-order valence-electron chi connectivity index (χ3n) is 2.67. The van der Waals surface area contributed by atoms with Gasteiger partial charge in [-0.1, -0.05) is 5.16 Å².